The molecule has 1 aromatic rings. The van der Waals surface area contributed by atoms with Crippen molar-refractivity contribution < 1.29 is 29.3 Å². The van der Waals surface area contributed by atoms with Crippen LogP contribution in [0.3, 0.4) is 0 Å². The predicted octanol–water partition coefficient (Wildman–Crippen LogP) is 2.80. The van der Waals surface area contributed by atoms with Gasteiger partial charge in [-0.1, -0.05) is 37.4 Å². The summed E-state index contributed by atoms with van der Waals surface area (Å²) >= 11 is 2.62. The van der Waals surface area contributed by atoms with Gasteiger partial charge in [0, 0.05) is 16.2 Å². The van der Waals surface area contributed by atoms with Gasteiger partial charge in [-0.3, -0.25) is 9.69 Å². The number of aliphatic carboxylic acids is 1. The van der Waals surface area contributed by atoms with Gasteiger partial charge in [0.15, 0.2) is 4.34 Å². The van der Waals surface area contributed by atoms with Crippen molar-refractivity contribution in [2.24, 2.45) is 11.8 Å². The molecule has 9 nitrogen and oxygen atoms in total. The maximum Gasteiger partial charge on any atom is 0.410 e. The van der Waals surface area contributed by atoms with E-state index in [9.17, 15) is 24.6 Å². The third kappa shape index (κ3) is 3.98. The number of carboxylic acids is 1. The summed E-state index contributed by atoms with van der Waals surface area (Å²) in [5.74, 6) is -2.35. The fraction of sp³-hybridized carbons (Fsp3) is 0.455. The lowest BCUT2D eigenvalue weighted by Gasteiger charge is -2.46. The maximum atomic E-state index is 12.5. The Morgan fingerprint density at radius 3 is 2.82 bits per heavy atom. The molecule has 2 amide bonds. The monoisotopic (exact) mass is 491 g/mol. The lowest BCUT2D eigenvalue weighted by molar-refractivity contribution is -0.163. The molecule has 0 radical (unpaired) electrons. The minimum atomic E-state index is -1.16. The van der Waals surface area contributed by atoms with Crippen LogP contribution in [0.15, 0.2) is 39.1 Å². The van der Waals surface area contributed by atoms with E-state index >= 15 is 0 Å². The number of nitrogens with zero attached hydrogens (tertiary/aromatic N) is 3. The quantitative estimate of drug-likeness (QED) is 0.441. The zero-order valence-corrected chi connectivity index (χ0v) is 20.1. The summed E-state index contributed by atoms with van der Waals surface area (Å²) in [6, 6.07) is -0.503. The largest absolute Gasteiger partial charge is 0.477 e. The van der Waals surface area contributed by atoms with Crippen molar-refractivity contribution in [1.82, 2.24) is 14.8 Å². The van der Waals surface area contributed by atoms with E-state index in [1.54, 1.807) is 11.8 Å². The molecule has 4 heterocycles. The molecule has 4 rings (SSSR count). The summed E-state index contributed by atoms with van der Waals surface area (Å²) in [6.45, 7) is 9.38. The Morgan fingerprint density at radius 1 is 1.45 bits per heavy atom. The van der Waals surface area contributed by atoms with Crippen LogP contribution in [-0.2, 0) is 14.3 Å². The number of thioether (sulfide) groups is 1. The number of amides is 2. The first-order valence-electron chi connectivity index (χ1n) is 10.5. The van der Waals surface area contributed by atoms with Crippen molar-refractivity contribution in [2.45, 2.75) is 43.3 Å². The third-order valence-corrected chi connectivity index (χ3v) is 8.38. The van der Waals surface area contributed by atoms with Crippen LogP contribution in [0.25, 0.3) is 5.57 Å². The minimum Gasteiger partial charge on any atom is -0.477 e. The van der Waals surface area contributed by atoms with Gasteiger partial charge < -0.3 is 19.8 Å². The van der Waals surface area contributed by atoms with E-state index < -0.39 is 24.1 Å². The molecule has 0 aromatic carbocycles. The Labute approximate surface area is 199 Å². The van der Waals surface area contributed by atoms with Crippen LogP contribution < -0.4 is 0 Å². The molecule has 3 aliphatic heterocycles. The van der Waals surface area contributed by atoms with Crippen molar-refractivity contribution in [3.05, 3.63) is 40.4 Å². The van der Waals surface area contributed by atoms with Gasteiger partial charge in [0.1, 0.15) is 12.3 Å². The number of aromatic nitrogens is 1. The summed E-state index contributed by atoms with van der Waals surface area (Å²) in [5, 5.41) is 21.6. The summed E-state index contributed by atoms with van der Waals surface area (Å²) in [4.78, 5) is 44.8. The summed E-state index contributed by atoms with van der Waals surface area (Å²) in [6.07, 6.45) is 2.21. The number of fused-ring (bicyclic) bond motifs is 1. The number of carbonyl (C=O) groups excluding carboxylic acids is 2. The number of thiazole rings is 1. The number of hydrogen-bond donors (Lipinski definition) is 2. The van der Waals surface area contributed by atoms with Gasteiger partial charge in [-0.15, -0.1) is 11.3 Å². The molecule has 33 heavy (non-hydrogen) atoms. The van der Waals surface area contributed by atoms with Crippen molar-refractivity contribution >= 4 is 46.6 Å². The average molecular weight is 492 g/mol. The normalized spacial score (nSPS) is 27.3. The number of rotatable bonds is 7. The topological polar surface area (TPSA) is 120 Å². The molecule has 1 saturated heterocycles. The number of aliphatic hydroxyl groups is 1. The molecule has 3 aliphatic rings. The first-order chi connectivity index (χ1) is 15.6. The van der Waals surface area contributed by atoms with E-state index in [2.05, 4.69) is 11.6 Å². The number of ether oxygens (including phenoxy) is 1. The zero-order valence-electron chi connectivity index (χ0n) is 18.4. The number of aliphatic hydroxyl groups excluding tert-OH is 1. The molecule has 2 N–H and O–H groups in total. The molecular formula is C22H25N3O6S2. The molecule has 5 atom stereocenters. The summed E-state index contributed by atoms with van der Waals surface area (Å²) < 4.78 is 5.78. The fourth-order valence-corrected chi connectivity index (χ4v) is 6.69. The van der Waals surface area contributed by atoms with Gasteiger partial charge >= 0.3 is 12.1 Å². The van der Waals surface area contributed by atoms with E-state index in [0.29, 0.717) is 15.8 Å². The predicted molar refractivity (Wildman–Crippen MR) is 123 cm³/mol. The van der Waals surface area contributed by atoms with E-state index in [4.69, 9.17) is 4.74 Å². The van der Waals surface area contributed by atoms with Crippen molar-refractivity contribution in [2.75, 3.05) is 13.2 Å². The van der Waals surface area contributed by atoms with Crippen molar-refractivity contribution in [3.63, 3.8) is 0 Å². The SMILES string of the molecule is C=CCOC(=O)N1CC(c2csc(SC3=C(C(=O)O)N4C(=O)[C@H]([C@@H](C)O)[C@H]4[C@H]3C)n2)=C[C@@H]1C. The van der Waals surface area contributed by atoms with Crippen LogP contribution in [0, 0.1) is 11.8 Å². The smallest absolute Gasteiger partial charge is 0.410 e. The van der Waals surface area contributed by atoms with Crippen LogP contribution >= 0.6 is 23.1 Å². The number of β-lactam (4-membered cyclic amide) rings is 1. The average Bonchev–Trinajstić information content (AvgIpc) is 3.42. The number of carbonyl (C=O) groups is 3. The molecule has 0 bridgehead atoms. The fourth-order valence-electron chi connectivity index (χ4n) is 4.57. The Balaban J connectivity index is 1.52. The maximum absolute atomic E-state index is 12.5. The van der Waals surface area contributed by atoms with E-state index in [1.807, 2.05) is 25.3 Å². The Hall–Kier alpha value is -2.63. The van der Waals surface area contributed by atoms with Crippen LogP contribution in [0.1, 0.15) is 26.5 Å². The highest BCUT2D eigenvalue weighted by molar-refractivity contribution is 8.04. The zero-order chi connectivity index (χ0) is 24.0. The minimum absolute atomic E-state index is 0.0269. The van der Waals surface area contributed by atoms with Crippen molar-refractivity contribution in [1.29, 1.82) is 0 Å². The van der Waals surface area contributed by atoms with Gasteiger partial charge in [-0.05, 0) is 19.4 Å². The molecular weight excluding hydrogens is 466 g/mol. The van der Waals surface area contributed by atoms with Crippen LogP contribution in [0.5, 0.6) is 0 Å². The Bertz CT molecular complexity index is 1080. The van der Waals surface area contributed by atoms with Crippen LogP contribution in [-0.4, -0.2) is 74.3 Å². The summed E-state index contributed by atoms with van der Waals surface area (Å²) in [7, 11) is 0. The van der Waals surface area contributed by atoms with Gasteiger partial charge in [-0.25, -0.2) is 14.6 Å². The number of hydrogen-bond acceptors (Lipinski definition) is 8. The van der Waals surface area contributed by atoms with E-state index in [1.165, 1.54) is 34.1 Å². The van der Waals surface area contributed by atoms with Crippen molar-refractivity contribution in [3.8, 4) is 0 Å². The molecule has 11 heteroatoms. The first-order valence-corrected chi connectivity index (χ1v) is 12.2. The van der Waals surface area contributed by atoms with E-state index in [-0.39, 0.29) is 36.2 Å². The van der Waals surface area contributed by atoms with Gasteiger partial charge in [0.2, 0.25) is 5.91 Å². The van der Waals surface area contributed by atoms with Gasteiger partial charge in [-0.2, -0.15) is 0 Å². The molecule has 0 aliphatic carbocycles. The lowest BCUT2D eigenvalue weighted by atomic mass is 9.79. The second-order valence-corrected chi connectivity index (χ2v) is 10.4. The molecule has 0 unspecified atom stereocenters. The highest BCUT2D eigenvalue weighted by Gasteiger charge is 2.60. The Kier molecular flexibility index (Phi) is 6.39. The molecule has 1 aromatic heterocycles. The molecule has 1 fully saturated rings. The highest BCUT2D eigenvalue weighted by atomic mass is 32.2. The molecule has 176 valence electrons. The standard InChI is InChI=1S/C22H25N3O6S2/c1-5-6-31-22(30)24-8-13(7-10(24)2)14-9-32-21(23-14)33-18-11(3)16-15(12(4)26)19(27)25(16)17(18)20(28)29/h5,7,9-12,15-16,26H,1,6,8H2,2-4H3,(H,28,29)/t10-,11+,12+,15+,16+/m0/s1. The van der Waals surface area contributed by atoms with Crippen LogP contribution in [0.2, 0.25) is 0 Å². The first kappa shape index (κ1) is 23.5. The molecule has 0 saturated carbocycles. The second-order valence-electron chi connectivity index (χ2n) is 8.30. The van der Waals surface area contributed by atoms with Gasteiger partial charge in [0.25, 0.3) is 0 Å². The second kappa shape index (κ2) is 8.96. The van der Waals surface area contributed by atoms with Gasteiger partial charge in [0.05, 0.1) is 36.3 Å². The molecule has 0 spiro atoms. The third-order valence-electron chi connectivity index (χ3n) is 6.15. The highest BCUT2D eigenvalue weighted by Crippen LogP contribution is 2.52. The van der Waals surface area contributed by atoms with E-state index in [0.717, 1.165) is 11.3 Å². The summed E-state index contributed by atoms with van der Waals surface area (Å²) in [5.41, 5.74) is 1.58. The Morgan fingerprint density at radius 2 is 2.18 bits per heavy atom. The lowest BCUT2D eigenvalue weighted by Crippen LogP contribution is -2.63. The van der Waals surface area contributed by atoms with Crippen LogP contribution in [0.4, 0.5) is 4.79 Å². The number of carboxylic acid groups (broad SMARTS) is 1.